The largest absolute Gasteiger partial charge is 0.370 e. The number of carbonyl (C=O) groups is 1. The maximum Gasteiger partial charge on any atom is 0.272 e. The number of benzene rings is 2. The summed E-state index contributed by atoms with van der Waals surface area (Å²) in [6, 6.07) is 22.5. The first-order valence-corrected chi connectivity index (χ1v) is 10.2. The fourth-order valence-electron chi connectivity index (χ4n) is 4.46. The van der Waals surface area contributed by atoms with Gasteiger partial charge in [-0.1, -0.05) is 54.6 Å². The molecule has 148 valence electrons. The molecule has 5 nitrogen and oxygen atoms in total. The number of nitrogens with zero attached hydrogens (tertiary/aromatic N) is 3. The molecule has 3 aromatic rings. The Kier molecular flexibility index (Phi) is 4.57. The molecule has 2 aliphatic heterocycles. The van der Waals surface area contributed by atoms with Gasteiger partial charge in [0.05, 0.1) is 25.2 Å². The molecule has 2 fully saturated rings. The molecule has 29 heavy (non-hydrogen) atoms. The van der Waals surface area contributed by atoms with E-state index in [9.17, 15) is 4.79 Å². The predicted octanol–water partition coefficient (Wildman–Crippen LogP) is 3.35. The Bertz CT molecular complexity index is 1030. The smallest absolute Gasteiger partial charge is 0.272 e. The molecule has 1 spiro atoms. The fourth-order valence-corrected chi connectivity index (χ4v) is 4.46. The first-order chi connectivity index (χ1) is 14.1. The molecule has 1 unspecified atom stereocenters. The molecule has 2 saturated heterocycles. The number of hydrogen-bond acceptors (Lipinski definition) is 4. The summed E-state index contributed by atoms with van der Waals surface area (Å²) < 4.78 is 6.18. The van der Waals surface area contributed by atoms with E-state index in [1.54, 1.807) is 0 Å². The lowest BCUT2D eigenvalue weighted by atomic mass is 9.88. The molecule has 0 N–H and O–H groups in total. The second-order valence-electron chi connectivity index (χ2n) is 8.30. The van der Waals surface area contributed by atoms with Crippen LogP contribution in [0.1, 0.15) is 22.5 Å². The summed E-state index contributed by atoms with van der Waals surface area (Å²) in [6.07, 6.45) is 0.964. The van der Waals surface area contributed by atoms with Gasteiger partial charge in [-0.2, -0.15) is 0 Å². The van der Waals surface area contributed by atoms with Crippen molar-refractivity contribution in [2.24, 2.45) is 0 Å². The SMILES string of the molecule is CN(Cc1ccccc1)C1COC2(C1)CN(C(=O)c1ccc3ccccc3n1)C2. The molecule has 1 amide bonds. The summed E-state index contributed by atoms with van der Waals surface area (Å²) >= 11 is 0. The minimum absolute atomic E-state index is 0.00827. The highest BCUT2D eigenvalue weighted by Gasteiger charge is 2.52. The molecule has 2 aromatic carbocycles. The van der Waals surface area contributed by atoms with E-state index in [2.05, 4.69) is 41.2 Å². The molecule has 1 atom stereocenters. The second-order valence-corrected chi connectivity index (χ2v) is 8.30. The van der Waals surface area contributed by atoms with E-state index >= 15 is 0 Å². The van der Waals surface area contributed by atoms with Gasteiger partial charge in [0, 0.05) is 18.0 Å². The molecule has 3 heterocycles. The Balaban J connectivity index is 1.20. The van der Waals surface area contributed by atoms with Crippen LogP contribution in [0, 0.1) is 0 Å². The van der Waals surface area contributed by atoms with Crippen LogP contribution in [0.4, 0.5) is 0 Å². The molecule has 5 rings (SSSR count). The van der Waals surface area contributed by atoms with Crippen LogP contribution in [0.3, 0.4) is 0 Å². The van der Waals surface area contributed by atoms with Gasteiger partial charge < -0.3 is 9.64 Å². The van der Waals surface area contributed by atoms with E-state index in [4.69, 9.17) is 4.74 Å². The topological polar surface area (TPSA) is 45.7 Å². The number of likely N-dealkylation sites (N-methyl/N-ethyl adjacent to an activating group) is 1. The fraction of sp³-hybridized carbons (Fsp3) is 0.333. The van der Waals surface area contributed by atoms with Gasteiger partial charge in [0.25, 0.3) is 5.91 Å². The third-order valence-electron chi connectivity index (χ3n) is 6.15. The third kappa shape index (κ3) is 3.52. The normalized spacial score (nSPS) is 20.3. The van der Waals surface area contributed by atoms with Gasteiger partial charge in [-0.15, -0.1) is 0 Å². The Morgan fingerprint density at radius 2 is 1.86 bits per heavy atom. The van der Waals surface area contributed by atoms with E-state index in [0.29, 0.717) is 24.8 Å². The number of rotatable bonds is 4. The maximum atomic E-state index is 12.9. The lowest BCUT2D eigenvalue weighted by Crippen LogP contribution is -2.63. The summed E-state index contributed by atoms with van der Waals surface area (Å²) in [7, 11) is 2.15. The van der Waals surface area contributed by atoms with Crippen molar-refractivity contribution < 1.29 is 9.53 Å². The Morgan fingerprint density at radius 3 is 2.69 bits per heavy atom. The standard InChI is InChI=1S/C24H25N3O2/c1-26(14-18-7-3-2-4-8-18)20-13-24(29-15-20)16-27(17-24)23(28)22-12-11-19-9-5-6-10-21(19)25-22/h2-12,20H,13-17H2,1H3. The van der Waals surface area contributed by atoms with Gasteiger partial charge >= 0.3 is 0 Å². The summed E-state index contributed by atoms with van der Waals surface area (Å²) in [4.78, 5) is 21.6. The maximum absolute atomic E-state index is 12.9. The van der Waals surface area contributed by atoms with Crippen LogP contribution in [0.25, 0.3) is 10.9 Å². The monoisotopic (exact) mass is 387 g/mol. The number of amides is 1. The highest BCUT2D eigenvalue weighted by Crippen LogP contribution is 2.37. The van der Waals surface area contributed by atoms with Crippen molar-refractivity contribution in [2.75, 3.05) is 26.7 Å². The molecular formula is C24H25N3O2. The van der Waals surface area contributed by atoms with Crippen LogP contribution in [-0.4, -0.2) is 59.1 Å². The number of likely N-dealkylation sites (tertiary alicyclic amines) is 1. The van der Waals surface area contributed by atoms with Gasteiger partial charge in [0.15, 0.2) is 0 Å². The quantitative estimate of drug-likeness (QED) is 0.689. The van der Waals surface area contributed by atoms with Crippen molar-refractivity contribution in [3.05, 3.63) is 78.0 Å². The van der Waals surface area contributed by atoms with Crippen molar-refractivity contribution in [3.8, 4) is 0 Å². The number of pyridine rings is 1. The summed E-state index contributed by atoms with van der Waals surface area (Å²) in [6.45, 7) is 2.93. The first-order valence-electron chi connectivity index (χ1n) is 10.2. The number of ether oxygens (including phenoxy) is 1. The summed E-state index contributed by atoms with van der Waals surface area (Å²) in [5.74, 6) is -0.00827. The van der Waals surface area contributed by atoms with Crippen LogP contribution in [0.2, 0.25) is 0 Å². The molecular weight excluding hydrogens is 362 g/mol. The van der Waals surface area contributed by atoms with Crippen LogP contribution in [-0.2, 0) is 11.3 Å². The third-order valence-corrected chi connectivity index (χ3v) is 6.15. The number of aromatic nitrogens is 1. The first kappa shape index (κ1) is 18.3. The highest BCUT2D eigenvalue weighted by atomic mass is 16.5. The number of hydrogen-bond donors (Lipinski definition) is 0. The van der Waals surface area contributed by atoms with Crippen LogP contribution in [0.5, 0.6) is 0 Å². The Hall–Kier alpha value is -2.76. The summed E-state index contributed by atoms with van der Waals surface area (Å²) in [5.41, 5.74) is 2.48. The van der Waals surface area contributed by atoms with E-state index < -0.39 is 0 Å². The Labute approximate surface area is 170 Å². The summed E-state index contributed by atoms with van der Waals surface area (Å²) in [5, 5.41) is 1.05. The van der Waals surface area contributed by atoms with Crippen molar-refractivity contribution in [3.63, 3.8) is 0 Å². The average molecular weight is 387 g/mol. The zero-order valence-electron chi connectivity index (χ0n) is 16.6. The molecule has 0 saturated carbocycles. The van der Waals surface area contributed by atoms with Crippen molar-refractivity contribution in [1.29, 1.82) is 0 Å². The van der Waals surface area contributed by atoms with Crippen LogP contribution < -0.4 is 0 Å². The van der Waals surface area contributed by atoms with Gasteiger partial charge in [-0.3, -0.25) is 9.69 Å². The molecule has 0 bridgehead atoms. The lowest BCUT2D eigenvalue weighted by molar-refractivity contribution is -0.0952. The molecule has 1 aromatic heterocycles. The average Bonchev–Trinajstić information content (AvgIpc) is 3.19. The highest BCUT2D eigenvalue weighted by molar-refractivity contribution is 5.95. The van der Waals surface area contributed by atoms with Gasteiger partial charge in [-0.05, 0) is 31.2 Å². The molecule has 0 radical (unpaired) electrons. The lowest BCUT2D eigenvalue weighted by Gasteiger charge is -2.47. The predicted molar refractivity (Wildman–Crippen MR) is 113 cm³/mol. The Morgan fingerprint density at radius 1 is 1.10 bits per heavy atom. The number of fused-ring (bicyclic) bond motifs is 1. The van der Waals surface area contributed by atoms with Crippen LogP contribution >= 0.6 is 0 Å². The van der Waals surface area contributed by atoms with E-state index in [-0.39, 0.29) is 11.5 Å². The van der Waals surface area contributed by atoms with E-state index in [1.165, 1.54) is 5.56 Å². The van der Waals surface area contributed by atoms with Gasteiger partial charge in [-0.25, -0.2) is 4.98 Å². The second kappa shape index (κ2) is 7.25. The number of para-hydroxylation sites is 1. The van der Waals surface area contributed by atoms with Gasteiger partial charge in [0.1, 0.15) is 11.3 Å². The van der Waals surface area contributed by atoms with Crippen LogP contribution in [0.15, 0.2) is 66.7 Å². The van der Waals surface area contributed by atoms with E-state index in [1.807, 2.05) is 47.4 Å². The zero-order valence-corrected chi connectivity index (χ0v) is 16.6. The minimum Gasteiger partial charge on any atom is -0.370 e. The molecule has 0 aliphatic carbocycles. The van der Waals surface area contributed by atoms with E-state index in [0.717, 1.165) is 30.5 Å². The van der Waals surface area contributed by atoms with Crippen molar-refractivity contribution >= 4 is 16.8 Å². The molecule has 5 heteroatoms. The van der Waals surface area contributed by atoms with Crippen molar-refractivity contribution in [2.45, 2.75) is 24.6 Å². The zero-order chi connectivity index (χ0) is 19.8. The van der Waals surface area contributed by atoms with Crippen molar-refractivity contribution in [1.82, 2.24) is 14.8 Å². The molecule has 2 aliphatic rings. The van der Waals surface area contributed by atoms with Gasteiger partial charge in [0.2, 0.25) is 0 Å². The number of carbonyl (C=O) groups excluding carboxylic acids is 1. The minimum atomic E-state index is -0.192.